The van der Waals surface area contributed by atoms with Gasteiger partial charge < -0.3 is 20.8 Å². The molecule has 1 aromatic carbocycles. The van der Waals surface area contributed by atoms with Gasteiger partial charge in [0, 0.05) is 25.7 Å². The summed E-state index contributed by atoms with van der Waals surface area (Å²) < 4.78 is 0. The third-order valence-electron chi connectivity index (χ3n) is 7.70. The van der Waals surface area contributed by atoms with Crippen molar-refractivity contribution in [3.05, 3.63) is 23.8 Å². The zero-order valence-electron chi connectivity index (χ0n) is 20.4. The Hall–Kier alpha value is -3.66. The lowest BCUT2D eigenvalue weighted by molar-refractivity contribution is -0.181. The molecule has 6 unspecified atom stereocenters. The van der Waals surface area contributed by atoms with Crippen molar-refractivity contribution in [2.45, 2.75) is 24.5 Å². The minimum atomic E-state index is -2.76. The maximum atomic E-state index is 13.8. The molecule has 2 saturated carbocycles. The lowest BCUT2D eigenvalue weighted by atomic mass is 9.52. The van der Waals surface area contributed by atoms with Gasteiger partial charge in [-0.3, -0.25) is 28.9 Å². The third kappa shape index (κ3) is 3.27. The van der Waals surface area contributed by atoms with E-state index in [2.05, 4.69) is 17.4 Å². The summed E-state index contributed by atoms with van der Waals surface area (Å²) in [4.78, 5) is 73.1. The van der Waals surface area contributed by atoms with Crippen LogP contribution in [0.5, 0.6) is 5.75 Å². The molecular weight excluding hydrogens is 468 g/mol. The molecule has 0 radical (unpaired) electrons. The van der Waals surface area contributed by atoms with Gasteiger partial charge in [-0.05, 0) is 56.9 Å². The summed E-state index contributed by atoms with van der Waals surface area (Å²) in [5.74, 6) is -8.62. The van der Waals surface area contributed by atoms with Crippen molar-refractivity contribution in [2.24, 2.45) is 34.4 Å². The van der Waals surface area contributed by atoms with Crippen molar-refractivity contribution in [1.82, 2.24) is 4.90 Å². The first kappa shape index (κ1) is 25.4. The average Bonchev–Trinajstić information content (AvgIpc) is 2.77. The summed E-state index contributed by atoms with van der Waals surface area (Å²) in [6.45, 7) is 3.40. The Balaban J connectivity index is 1.93. The van der Waals surface area contributed by atoms with Crippen LogP contribution in [0.15, 0.2) is 17.6 Å². The Bertz CT molecular complexity index is 1280. The zero-order chi connectivity index (χ0) is 26.9. The van der Waals surface area contributed by atoms with Crippen LogP contribution < -0.4 is 10.6 Å². The van der Waals surface area contributed by atoms with Crippen LogP contribution in [0.1, 0.15) is 22.3 Å². The highest BCUT2D eigenvalue weighted by Crippen LogP contribution is 2.53. The minimum absolute atomic E-state index is 0.00983. The summed E-state index contributed by atoms with van der Waals surface area (Å²) in [6.07, 6.45) is 0.162. The predicted octanol–water partition coefficient (Wildman–Crippen LogP) is -0.580. The molecule has 0 bridgehead atoms. The van der Waals surface area contributed by atoms with Gasteiger partial charge in [-0.2, -0.15) is 0 Å². The second-order valence-corrected chi connectivity index (χ2v) is 10.1. The largest absolute Gasteiger partial charge is 0.505 e. The number of hydrogen-bond acceptors (Lipinski definition) is 10. The summed E-state index contributed by atoms with van der Waals surface area (Å²) >= 11 is 0. The molecule has 1 aromatic rings. The Labute approximate surface area is 207 Å². The van der Waals surface area contributed by atoms with Crippen molar-refractivity contribution in [2.75, 3.05) is 33.1 Å². The number of aromatic hydroxyl groups is 1. The Morgan fingerprint density at radius 2 is 1.83 bits per heavy atom. The second-order valence-electron chi connectivity index (χ2n) is 10.1. The molecule has 190 valence electrons. The van der Waals surface area contributed by atoms with Crippen LogP contribution in [0, 0.1) is 23.7 Å². The highest BCUT2D eigenvalue weighted by Gasteiger charge is 2.69. The summed E-state index contributed by atoms with van der Waals surface area (Å²) in [6, 6.07) is 0.437. The van der Waals surface area contributed by atoms with Crippen LogP contribution in [0.4, 0.5) is 11.4 Å². The molecular formula is C25H28N4O7. The molecule has 4 rings (SSSR count). The molecule has 0 saturated heterocycles. The topological polar surface area (TPSA) is 171 Å². The van der Waals surface area contributed by atoms with E-state index in [4.69, 9.17) is 5.73 Å². The molecule has 0 spiro atoms. The van der Waals surface area contributed by atoms with Crippen LogP contribution in [0.25, 0.3) is 0 Å². The number of aliphatic imine (C=N–C) groups is 1. The van der Waals surface area contributed by atoms with Crippen molar-refractivity contribution >= 4 is 46.3 Å². The van der Waals surface area contributed by atoms with Crippen LogP contribution in [-0.4, -0.2) is 89.9 Å². The number of anilines is 1. The zero-order valence-corrected chi connectivity index (χ0v) is 20.4. The number of phenols is 1. The number of nitrogens with two attached hydrogens (primary N) is 1. The predicted molar refractivity (Wildman–Crippen MR) is 128 cm³/mol. The number of likely N-dealkylation sites (N-methyl/N-ethyl adjacent to an activating group) is 1. The third-order valence-corrected chi connectivity index (χ3v) is 7.70. The van der Waals surface area contributed by atoms with E-state index in [0.29, 0.717) is 11.3 Å². The van der Waals surface area contributed by atoms with E-state index < -0.39 is 70.1 Å². The van der Waals surface area contributed by atoms with Crippen LogP contribution >= 0.6 is 0 Å². The first-order chi connectivity index (χ1) is 16.8. The molecule has 1 amide bonds. The SMILES string of the molecule is C=C=Nc1cc(N(C)C)c2c(c1O)C(=O)C1C(=O)C3(O)C(=O)C(C(N)=O)C(=O)C(N(C)C)C3CC1C2. The summed E-state index contributed by atoms with van der Waals surface area (Å²) in [7, 11) is 6.58. The van der Waals surface area contributed by atoms with E-state index in [9.17, 15) is 34.2 Å². The first-order valence-corrected chi connectivity index (χ1v) is 11.4. The fraction of sp³-hybridized carbons (Fsp3) is 0.480. The smallest absolute Gasteiger partial charge is 0.235 e. The Morgan fingerprint density at radius 1 is 1.19 bits per heavy atom. The van der Waals surface area contributed by atoms with Crippen LogP contribution in [-0.2, 0) is 25.6 Å². The molecule has 36 heavy (non-hydrogen) atoms. The van der Waals surface area contributed by atoms with Crippen molar-refractivity contribution in [3.63, 3.8) is 0 Å². The van der Waals surface area contributed by atoms with Crippen LogP contribution in [0.2, 0.25) is 0 Å². The molecule has 11 heteroatoms. The first-order valence-electron chi connectivity index (χ1n) is 11.4. The van der Waals surface area contributed by atoms with Gasteiger partial charge in [-0.15, -0.1) is 0 Å². The Kier molecular flexibility index (Phi) is 5.99. The van der Waals surface area contributed by atoms with Crippen LogP contribution in [0.3, 0.4) is 0 Å². The van der Waals surface area contributed by atoms with Gasteiger partial charge in [0.2, 0.25) is 5.91 Å². The van der Waals surface area contributed by atoms with E-state index in [1.54, 1.807) is 39.2 Å². The van der Waals surface area contributed by atoms with Gasteiger partial charge in [0.15, 0.2) is 40.4 Å². The molecule has 0 heterocycles. The summed E-state index contributed by atoms with van der Waals surface area (Å²) in [5.41, 5.74) is 3.55. The maximum Gasteiger partial charge on any atom is 0.235 e. The van der Waals surface area contributed by atoms with E-state index >= 15 is 0 Å². The number of carbonyl (C=O) groups excluding carboxylic acids is 5. The summed E-state index contributed by atoms with van der Waals surface area (Å²) in [5, 5.41) is 22.5. The average molecular weight is 497 g/mol. The van der Waals surface area contributed by atoms with Crippen molar-refractivity contribution in [3.8, 4) is 5.75 Å². The molecule has 2 fully saturated rings. The number of rotatable bonds is 4. The highest BCUT2D eigenvalue weighted by atomic mass is 16.3. The normalized spacial score (nSPS) is 31.3. The van der Waals surface area contributed by atoms with Crippen molar-refractivity contribution < 1.29 is 34.2 Å². The van der Waals surface area contributed by atoms with E-state index in [1.807, 2.05) is 0 Å². The number of carbonyl (C=O) groups is 5. The van der Waals surface area contributed by atoms with Gasteiger partial charge in [-0.1, -0.05) is 0 Å². The molecule has 11 nitrogen and oxygen atoms in total. The van der Waals surface area contributed by atoms with E-state index in [-0.39, 0.29) is 24.1 Å². The molecule has 0 aromatic heterocycles. The van der Waals surface area contributed by atoms with Gasteiger partial charge in [-0.25, -0.2) is 4.99 Å². The number of Topliss-reactive ketones (excluding diaryl/α,β-unsaturated/α-hetero) is 4. The molecule has 4 N–H and O–H groups in total. The number of phenolic OH excluding ortho intramolecular Hbond substituents is 1. The fourth-order valence-electron chi connectivity index (χ4n) is 6.21. The molecule has 3 aliphatic rings. The molecule has 6 atom stereocenters. The van der Waals surface area contributed by atoms with E-state index in [0.717, 1.165) is 0 Å². The Morgan fingerprint density at radius 3 is 2.36 bits per heavy atom. The number of fused-ring (bicyclic) bond motifs is 3. The molecule has 0 aliphatic heterocycles. The molecule has 3 aliphatic carbocycles. The van der Waals surface area contributed by atoms with E-state index in [1.165, 1.54) is 4.90 Å². The fourth-order valence-corrected chi connectivity index (χ4v) is 6.21. The lowest BCUT2D eigenvalue weighted by Gasteiger charge is -2.52. The quantitative estimate of drug-likeness (QED) is 0.364. The van der Waals surface area contributed by atoms with Crippen molar-refractivity contribution in [1.29, 1.82) is 0 Å². The number of ketones is 4. The number of amides is 1. The van der Waals surface area contributed by atoms with Gasteiger partial charge >= 0.3 is 0 Å². The van der Waals surface area contributed by atoms with Gasteiger partial charge in [0.05, 0.1) is 17.5 Å². The number of aliphatic hydroxyl groups is 1. The number of primary amides is 1. The second kappa shape index (κ2) is 8.48. The lowest BCUT2D eigenvalue weighted by Crippen LogP contribution is -2.74. The number of benzene rings is 1. The number of hydrogen-bond donors (Lipinski definition) is 3. The highest BCUT2D eigenvalue weighted by molar-refractivity contribution is 6.32. The monoisotopic (exact) mass is 496 g/mol. The number of nitrogens with zero attached hydrogens (tertiary/aromatic N) is 3. The standard InChI is InChI=1S/C25H28N4O7/c1-6-27-13-9-14(28(2)3)11-7-10-8-12-18(29(4)5)21(32)17(24(26)35)23(34)25(12,36)22(33)15(10)20(31)16(11)19(13)30/h9-10,12,15,17-18,30,36H,1,7-8H2,2-5H3,(H2,26,35). The minimum Gasteiger partial charge on any atom is -0.505 e. The van der Waals surface area contributed by atoms with Gasteiger partial charge in [0.25, 0.3) is 0 Å². The maximum absolute atomic E-state index is 13.8. The van der Waals surface area contributed by atoms with Gasteiger partial charge in [0.1, 0.15) is 5.69 Å².